The molecular formula is C17H22ClN5. The van der Waals surface area contributed by atoms with Crippen LogP contribution < -0.4 is 10.2 Å². The van der Waals surface area contributed by atoms with Crippen molar-refractivity contribution < 1.29 is 0 Å². The molecule has 2 heterocycles. The number of halogens is 1. The summed E-state index contributed by atoms with van der Waals surface area (Å²) < 4.78 is 0. The second kappa shape index (κ2) is 7.15. The number of hydrogen-bond donors (Lipinski definition) is 1. The standard InChI is InChI=1S/C17H22ClN5/c1-13-9-15(18)3-4-16(13)19-10-14-11-20-17(21-12-14)23-7-5-22(2)6-8-23/h3-4,9,11-12,19H,5-8,10H2,1-2H3. The molecule has 2 aromatic rings. The molecule has 23 heavy (non-hydrogen) atoms. The van der Waals surface area contributed by atoms with Crippen LogP contribution in [-0.2, 0) is 6.54 Å². The lowest BCUT2D eigenvalue weighted by Gasteiger charge is -2.32. The highest BCUT2D eigenvalue weighted by Crippen LogP contribution is 2.20. The van der Waals surface area contributed by atoms with Gasteiger partial charge in [-0.2, -0.15) is 0 Å². The average molecular weight is 332 g/mol. The molecule has 0 amide bonds. The number of benzene rings is 1. The lowest BCUT2D eigenvalue weighted by atomic mass is 10.2. The number of nitrogens with zero attached hydrogens (tertiary/aromatic N) is 4. The number of rotatable bonds is 4. The van der Waals surface area contributed by atoms with Crippen LogP contribution in [0.1, 0.15) is 11.1 Å². The predicted molar refractivity (Wildman–Crippen MR) is 95.3 cm³/mol. The Kier molecular flexibility index (Phi) is 4.98. The van der Waals surface area contributed by atoms with E-state index in [2.05, 4.69) is 32.1 Å². The first-order chi connectivity index (χ1) is 11.1. The van der Waals surface area contributed by atoms with Gasteiger partial charge >= 0.3 is 0 Å². The van der Waals surface area contributed by atoms with Crippen LogP contribution in [-0.4, -0.2) is 48.1 Å². The Morgan fingerprint density at radius 3 is 2.48 bits per heavy atom. The molecule has 0 saturated carbocycles. The summed E-state index contributed by atoms with van der Waals surface area (Å²) in [6.07, 6.45) is 3.80. The van der Waals surface area contributed by atoms with E-state index in [1.807, 2.05) is 37.5 Å². The molecule has 1 N–H and O–H groups in total. The molecule has 0 bridgehead atoms. The Hall–Kier alpha value is -1.85. The van der Waals surface area contributed by atoms with Crippen molar-refractivity contribution in [1.82, 2.24) is 14.9 Å². The first kappa shape index (κ1) is 16.0. The number of aryl methyl sites for hydroxylation is 1. The van der Waals surface area contributed by atoms with E-state index in [1.165, 1.54) is 0 Å². The fourth-order valence-corrected chi connectivity index (χ4v) is 2.86. The summed E-state index contributed by atoms with van der Waals surface area (Å²) in [6, 6.07) is 5.85. The van der Waals surface area contributed by atoms with E-state index < -0.39 is 0 Å². The normalized spacial score (nSPS) is 15.7. The summed E-state index contributed by atoms with van der Waals surface area (Å²) in [6.45, 7) is 6.83. The molecule has 0 spiro atoms. The van der Waals surface area contributed by atoms with Crippen molar-refractivity contribution in [2.24, 2.45) is 0 Å². The molecule has 6 heteroatoms. The summed E-state index contributed by atoms with van der Waals surface area (Å²) in [7, 11) is 2.14. The molecule has 0 unspecified atom stereocenters. The van der Waals surface area contributed by atoms with Gasteiger partial charge in [0, 0.05) is 61.4 Å². The van der Waals surface area contributed by atoms with Gasteiger partial charge in [0.15, 0.2) is 0 Å². The molecule has 1 saturated heterocycles. The quantitative estimate of drug-likeness (QED) is 0.933. The zero-order valence-electron chi connectivity index (χ0n) is 13.6. The topological polar surface area (TPSA) is 44.3 Å². The third-order valence-electron chi connectivity index (χ3n) is 4.15. The summed E-state index contributed by atoms with van der Waals surface area (Å²) in [5.74, 6) is 0.824. The van der Waals surface area contributed by atoms with Crippen LogP contribution in [0.2, 0.25) is 5.02 Å². The second-order valence-electron chi connectivity index (χ2n) is 5.99. The molecule has 1 fully saturated rings. The number of aromatic nitrogens is 2. The first-order valence-electron chi connectivity index (χ1n) is 7.86. The second-order valence-corrected chi connectivity index (χ2v) is 6.43. The van der Waals surface area contributed by atoms with E-state index >= 15 is 0 Å². The van der Waals surface area contributed by atoms with E-state index in [0.29, 0.717) is 6.54 Å². The number of hydrogen-bond acceptors (Lipinski definition) is 5. The SMILES string of the molecule is Cc1cc(Cl)ccc1NCc1cnc(N2CCN(C)CC2)nc1. The Morgan fingerprint density at radius 2 is 1.83 bits per heavy atom. The first-order valence-corrected chi connectivity index (χ1v) is 8.24. The summed E-state index contributed by atoms with van der Waals surface area (Å²) in [5, 5.41) is 4.16. The van der Waals surface area contributed by atoms with E-state index in [0.717, 1.165) is 54.0 Å². The molecule has 5 nitrogen and oxygen atoms in total. The van der Waals surface area contributed by atoms with Crippen molar-refractivity contribution in [1.29, 1.82) is 0 Å². The van der Waals surface area contributed by atoms with Crippen LogP contribution >= 0.6 is 11.6 Å². The third kappa shape index (κ3) is 4.12. The highest BCUT2D eigenvalue weighted by atomic mass is 35.5. The minimum Gasteiger partial charge on any atom is -0.381 e. The van der Waals surface area contributed by atoms with Crippen molar-refractivity contribution in [3.05, 3.63) is 46.7 Å². The van der Waals surface area contributed by atoms with E-state index in [-0.39, 0.29) is 0 Å². The zero-order valence-corrected chi connectivity index (χ0v) is 14.3. The van der Waals surface area contributed by atoms with Gasteiger partial charge in [0.05, 0.1) is 0 Å². The molecule has 0 radical (unpaired) electrons. The number of anilines is 2. The van der Waals surface area contributed by atoms with Crippen LogP contribution in [0.25, 0.3) is 0 Å². The van der Waals surface area contributed by atoms with Crippen molar-refractivity contribution in [3.8, 4) is 0 Å². The minimum absolute atomic E-state index is 0.700. The van der Waals surface area contributed by atoms with Gasteiger partial charge in [0.1, 0.15) is 0 Å². The van der Waals surface area contributed by atoms with Crippen molar-refractivity contribution in [3.63, 3.8) is 0 Å². The Balaban J connectivity index is 1.59. The van der Waals surface area contributed by atoms with Gasteiger partial charge in [-0.1, -0.05) is 11.6 Å². The van der Waals surface area contributed by atoms with Crippen molar-refractivity contribution in [2.45, 2.75) is 13.5 Å². The van der Waals surface area contributed by atoms with Crippen molar-refractivity contribution in [2.75, 3.05) is 43.4 Å². The predicted octanol–water partition coefficient (Wildman–Crippen LogP) is 2.80. The van der Waals surface area contributed by atoms with E-state index in [1.54, 1.807) is 0 Å². The van der Waals surface area contributed by atoms with Gasteiger partial charge < -0.3 is 15.1 Å². The maximum absolute atomic E-state index is 5.98. The smallest absolute Gasteiger partial charge is 0.225 e. The molecule has 0 aliphatic carbocycles. The number of nitrogens with one attached hydrogen (secondary N) is 1. The molecule has 0 atom stereocenters. The number of likely N-dealkylation sites (N-methyl/N-ethyl adjacent to an activating group) is 1. The molecule has 1 aromatic carbocycles. The Labute approximate surface area is 142 Å². The summed E-state index contributed by atoms with van der Waals surface area (Å²) in [4.78, 5) is 13.6. The monoisotopic (exact) mass is 331 g/mol. The van der Waals surface area contributed by atoms with Gasteiger partial charge in [-0.15, -0.1) is 0 Å². The average Bonchev–Trinajstić information content (AvgIpc) is 2.55. The minimum atomic E-state index is 0.700. The summed E-state index contributed by atoms with van der Waals surface area (Å²) >= 11 is 5.98. The molecular weight excluding hydrogens is 310 g/mol. The highest BCUT2D eigenvalue weighted by Gasteiger charge is 2.16. The maximum atomic E-state index is 5.98. The van der Waals surface area contributed by atoms with Gasteiger partial charge in [-0.05, 0) is 37.7 Å². The molecule has 122 valence electrons. The molecule has 1 aliphatic rings. The Bertz CT molecular complexity index is 651. The summed E-state index contributed by atoms with van der Waals surface area (Å²) in [5.41, 5.74) is 3.28. The van der Waals surface area contributed by atoms with Crippen LogP contribution in [0, 0.1) is 6.92 Å². The van der Waals surface area contributed by atoms with Crippen LogP contribution in [0.5, 0.6) is 0 Å². The fraction of sp³-hybridized carbons (Fsp3) is 0.412. The lowest BCUT2D eigenvalue weighted by Crippen LogP contribution is -2.45. The highest BCUT2D eigenvalue weighted by molar-refractivity contribution is 6.30. The largest absolute Gasteiger partial charge is 0.381 e. The maximum Gasteiger partial charge on any atom is 0.225 e. The van der Waals surface area contributed by atoms with E-state index in [9.17, 15) is 0 Å². The van der Waals surface area contributed by atoms with Crippen LogP contribution in [0.3, 0.4) is 0 Å². The van der Waals surface area contributed by atoms with Gasteiger partial charge in [0.25, 0.3) is 0 Å². The third-order valence-corrected chi connectivity index (χ3v) is 4.38. The van der Waals surface area contributed by atoms with Crippen molar-refractivity contribution >= 4 is 23.2 Å². The fourth-order valence-electron chi connectivity index (χ4n) is 2.63. The molecule has 3 rings (SSSR count). The Morgan fingerprint density at radius 1 is 1.13 bits per heavy atom. The van der Waals surface area contributed by atoms with Gasteiger partial charge in [-0.3, -0.25) is 0 Å². The van der Waals surface area contributed by atoms with E-state index in [4.69, 9.17) is 11.6 Å². The number of piperazine rings is 1. The lowest BCUT2D eigenvalue weighted by molar-refractivity contribution is 0.311. The van der Waals surface area contributed by atoms with Gasteiger partial charge in [0.2, 0.25) is 5.95 Å². The molecule has 1 aromatic heterocycles. The molecule has 1 aliphatic heterocycles. The zero-order chi connectivity index (χ0) is 16.2. The van der Waals surface area contributed by atoms with Crippen LogP contribution in [0.4, 0.5) is 11.6 Å². The van der Waals surface area contributed by atoms with Gasteiger partial charge in [-0.25, -0.2) is 9.97 Å². The van der Waals surface area contributed by atoms with Crippen LogP contribution in [0.15, 0.2) is 30.6 Å².